The molecule has 0 spiro atoms. The molecule has 26 heavy (non-hydrogen) atoms. The number of carbonyl (C=O) groups excluding carboxylic acids is 1. The zero-order valence-electron chi connectivity index (χ0n) is 15.0. The van der Waals surface area contributed by atoms with Gasteiger partial charge in [0.25, 0.3) is 0 Å². The molecule has 1 aromatic carbocycles. The van der Waals surface area contributed by atoms with Gasteiger partial charge in [0.1, 0.15) is 0 Å². The molecule has 1 aliphatic heterocycles. The molecule has 0 aliphatic carbocycles. The first-order valence-electron chi connectivity index (χ1n) is 8.39. The van der Waals surface area contributed by atoms with Gasteiger partial charge in [-0.2, -0.15) is 0 Å². The Kier molecular flexibility index (Phi) is 9.08. The molecule has 1 fully saturated rings. The number of imidazole rings is 1. The molecular formula is C18H27Cl2N5O. The second kappa shape index (κ2) is 10.5. The van der Waals surface area contributed by atoms with Gasteiger partial charge in [-0.3, -0.25) is 4.79 Å². The van der Waals surface area contributed by atoms with Crippen molar-refractivity contribution in [2.75, 3.05) is 33.2 Å². The first kappa shape index (κ1) is 22.4. The Hall–Kier alpha value is -1.60. The molecule has 8 heteroatoms. The fraction of sp³-hybridized carbons (Fsp3) is 0.444. The van der Waals surface area contributed by atoms with E-state index in [1.165, 1.54) is 5.56 Å². The van der Waals surface area contributed by atoms with Crippen LogP contribution in [0.2, 0.25) is 0 Å². The molecule has 0 radical (unpaired) electrons. The summed E-state index contributed by atoms with van der Waals surface area (Å²) in [7, 11) is 2.07. The summed E-state index contributed by atoms with van der Waals surface area (Å²) in [6.07, 6.45) is 4.26. The zero-order chi connectivity index (χ0) is 16.9. The van der Waals surface area contributed by atoms with Crippen LogP contribution in [0, 0.1) is 0 Å². The molecule has 0 saturated carbocycles. The van der Waals surface area contributed by atoms with Crippen LogP contribution >= 0.6 is 24.8 Å². The van der Waals surface area contributed by atoms with E-state index >= 15 is 0 Å². The van der Waals surface area contributed by atoms with Gasteiger partial charge in [0, 0.05) is 45.3 Å². The van der Waals surface area contributed by atoms with Crippen LogP contribution in [0.4, 0.5) is 0 Å². The fourth-order valence-electron chi connectivity index (χ4n) is 2.97. The van der Waals surface area contributed by atoms with Crippen LogP contribution in [-0.4, -0.2) is 64.5 Å². The van der Waals surface area contributed by atoms with Gasteiger partial charge >= 0.3 is 0 Å². The second-order valence-corrected chi connectivity index (χ2v) is 6.46. The average molecular weight is 400 g/mol. The van der Waals surface area contributed by atoms with Gasteiger partial charge in [-0.05, 0) is 12.6 Å². The van der Waals surface area contributed by atoms with Gasteiger partial charge in [0.2, 0.25) is 5.91 Å². The maximum absolute atomic E-state index is 12.5. The predicted octanol–water partition coefficient (Wildman–Crippen LogP) is 1.42. The SMILES string of the molecule is CN1CCN(C(=O)[C@@H](N)Cc2cn(Cc3ccccc3)cn2)CC1.Cl.Cl. The van der Waals surface area contributed by atoms with E-state index in [2.05, 4.69) is 29.1 Å². The lowest BCUT2D eigenvalue weighted by Crippen LogP contribution is -2.52. The van der Waals surface area contributed by atoms with Crippen molar-refractivity contribution >= 4 is 30.7 Å². The Bertz CT molecular complexity index is 671. The van der Waals surface area contributed by atoms with Gasteiger partial charge < -0.3 is 20.1 Å². The molecule has 3 rings (SSSR count). The Morgan fingerprint density at radius 3 is 2.46 bits per heavy atom. The van der Waals surface area contributed by atoms with E-state index in [0.717, 1.165) is 38.4 Å². The van der Waals surface area contributed by atoms with Gasteiger partial charge in [-0.25, -0.2) is 4.98 Å². The van der Waals surface area contributed by atoms with Gasteiger partial charge in [0.15, 0.2) is 0 Å². The largest absolute Gasteiger partial charge is 0.339 e. The van der Waals surface area contributed by atoms with Crippen molar-refractivity contribution in [3.05, 3.63) is 54.1 Å². The molecular weight excluding hydrogens is 373 g/mol. The summed E-state index contributed by atoms with van der Waals surface area (Å²) in [5.41, 5.74) is 8.21. The highest BCUT2D eigenvalue weighted by Gasteiger charge is 2.24. The number of nitrogens with zero attached hydrogens (tertiary/aromatic N) is 4. The minimum atomic E-state index is -0.520. The highest BCUT2D eigenvalue weighted by molar-refractivity contribution is 5.85. The topological polar surface area (TPSA) is 67.4 Å². The lowest BCUT2D eigenvalue weighted by Gasteiger charge is -2.33. The zero-order valence-corrected chi connectivity index (χ0v) is 16.6. The molecule has 0 bridgehead atoms. The Morgan fingerprint density at radius 1 is 1.15 bits per heavy atom. The molecule has 2 heterocycles. The normalized spacial score (nSPS) is 15.7. The van der Waals surface area contributed by atoms with Crippen molar-refractivity contribution in [3.63, 3.8) is 0 Å². The number of carbonyl (C=O) groups is 1. The van der Waals surface area contributed by atoms with Crippen LogP contribution < -0.4 is 5.73 Å². The molecule has 2 N–H and O–H groups in total. The number of halogens is 2. The number of nitrogens with two attached hydrogens (primary N) is 1. The highest BCUT2D eigenvalue weighted by Crippen LogP contribution is 2.08. The summed E-state index contributed by atoms with van der Waals surface area (Å²) in [6, 6.07) is 9.71. The number of likely N-dealkylation sites (N-methyl/N-ethyl adjacent to an activating group) is 1. The molecule has 6 nitrogen and oxygen atoms in total. The Morgan fingerprint density at radius 2 is 1.81 bits per heavy atom. The van der Waals surface area contributed by atoms with Crippen molar-refractivity contribution in [2.45, 2.75) is 19.0 Å². The van der Waals surface area contributed by atoms with Gasteiger partial charge in [-0.1, -0.05) is 30.3 Å². The van der Waals surface area contributed by atoms with Crippen LogP contribution in [0.15, 0.2) is 42.9 Å². The van der Waals surface area contributed by atoms with Crippen LogP contribution in [0.3, 0.4) is 0 Å². The number of rotatable bonds is 5. The van der Waals surface area contributed by atoms with Crippen molar-refractivity contribution in [2.24, 2.45) is 5.73 Å². The van der Waals surface area contributed by atoms with Crippen LogP contribution in [-0.2, 0) is 17.8 Å². The number of hydrogen-bond donors (Lipinski definition) is 1. The maximum atomic E-state index is 12.5. The summed E-state index contributed by atoms with van der Waals surface area (Å²) in [5.74, 6) is 0.0284. The number of hydrogen-bond acceptors (Lipinski definition) is 4. The third-order valence-electron chi connectivity index (χ3n) is 4.46. The fourth-order valence-corrected chi connectivity index (χ4v) is 2.97. The Balaban J connectivity index is 0.00000169. The number of piperazine rings is 1. The van der Waals surface area contributed by atoms with E-state index < -0.39 is 6.04 Å². The number of aromatic nitrogens is 2. The summed E-state index contributed by atoms with van der Waals surface area (Å²) >= 11 is 0. The number of benzene rings is 1. The average Bonchev–Trinajstić information content (AvgIpc) is 3.02. The minimum Gasteiger partial charge on any atom is -0.339 e. The molecule has 2 aromatic rings. The summed E-state index contributed by atoms with van der Waals surface area (Å²) in [4.78, 5) is 20.9. The molecule has 1 saturated heterocycles. The molecule has 1 aromatic heterocycles. The quantitative estimate of drug-likeness (QED) is 0.825. The van der Waals surface area contributed by atoms with E-state index in [1.807, 2.05) is 33.9 Å². The van der Waals surface area contributed by atoms with E-state index in [-0.39, 0.29) is 30.7 Å². The third-order valence-corrected chi connectivity index (χ3v) is 4.46. The second-order valence-electron chi connectivity index (χ2n) is 6.46. The molecule has 144 valence electrons. The van der Waals surface area contributed by atoms with Crippen molar-refractivity contribution < 1.29 is 4.79 Å². The summed E-state index contributed by atoms with van der Waals surface area (Å²) in [5, 5.41) is 0. The number of amides is 1. The molecule has 1 amide bonds. The summed E-state index contributed by atoms with van der Waals surface area (Å²) in [6.45, 7) is 4.10. The minimum absolute atomic E-state index is 0. The summed E-state index contributed by atoms with van der Waals surface area (Å²) < 4.78 is 2.03. The monoisotopic (exact) mass is 399 g/mol. The predicted molar refractivity (Wildman–Crippen MR) is 108 cm³/mol. The van der Waals surface area contributed by atoms with Gasteiger partial charge in [-0.15, -0.1) is 24.8 Å². The first-order valence-corrected chi connectivity index (χ1v) is 8.39. The first-order chi connectivity index (χ1) is 11.6. The Labute approximate surface area is 167 Å². The van der Waals surface area contributed by atoms with Crippen LogP contribution in [0.1, 0.15) is 11.3 Å². The molecule has 1 aliphatic rings. The van der Waals surface area contributed by atoms with Crippen molar-refractivity contribution in [3.8, 4) is 0 Å². The lowest BCUT2D eigenvalue weighted by atomic mass is 10.1. The third kappa shape index (κ3) is 5.99. The van der Waals surface area contributed by atoms with Crippen LogP contribution in [0.25, 0.3) is 0 Å². The van der Waals surface area contributed by atoms with Crippen LogP contribution in [0.5, 0.6) is 0 Å². The molecule has 1 atom stereocenters. The standard InChI is InChI=1S/C18H25N5O.2ClH/c1-21-7-9-23(10-8-21)18(24)17(19)11-16-13-22(14-20-16)12-15-5-3-2-4-6-15;;/h2-6,13-14,17H,7-12,19H2,1H3;2*1H/t17-;;/m0../s1. The van der Waals surface area contributed by atoms with E-state index in [4.69, 9.17) is 5.73 Å². The van der Waals surface area contributed by atoms with E-state index in [9.17, 15) is 4.79 Å². The van der Waals surface area contributed by atoms with Crippen molar-refractivity contribution in [1.29, 1.82) is 0 Å². The van der Waals surface area contributed by atoms with Crippen molar-refractivity contribution in [1.82, 2.24) is 19.4 Å². The lowest BCUT2D eigenvalue weighted by molar-refractivity contribution is -0.134. The smallest absolute Gasteiger partial charge is 0.239 e. The van der Waals surface area contributed by atoms with E-state index in [0.29, 0.717) is 6.42 Å². The molecule has 0 unspecified atom stereocenters. The highest BCUT2D eigenvalue weighted by atomic mass is 35.5. The van der Waals surface area contributed by atoms with E-state index in [1.54, 1.807) is 6.33 Å². The maximum Gasteiger partial charge on any atom is 0.239 e. The van der Waals surface area contributed by atoms with Gasteiger partial charge in [0.05, 0.1) is 18.1 Å².